The van der Waals surface area contributed by atoms with Gasteiger partial charge in [-0.1, -0.05) is 0 Å². The van der Waals surface area contributed by atoms with Crippen LogP contribution in [-0.2, 0) is 38.1 Å². The van der Waals surface area contributed by atoms with Crippen molar-refractivity contribution in [1.82, 2.24) is 0 Å². The van der Waals surface area contributed by atoms with Crippen molar-refractivity contribution in [2.75, 3.05) is 26.4 Å². The Hall–Kier alpha value is -2.12. The molecule has 22 heavy (non-hydrogen) atoms. The molecule has 0 fully saturated rings. The van der Waals surface area contributed by atoms with Gasteiger partial charge in [0.15, 0.2) is 0 Å². The zero-order chi connectivity index (χ0) is 16.8. The first-order valence-electron chi connectivity index (χ1n) is 7.12. The van der Waals surface area contributed by atoms with Crippen LogP contribution in [0.2, 0.25) is 0 Å². The molecule has 0 aromatic carbocycles. The molecule has 8 nitrogen and oxygen atoms in total. The average Bonchev–Trinajstić information content (AvgIpc) is 2.42. The summed E-state index contributed by atoms with van der Waals surface area (Å²) >= 11 is 0. The molecule has 0 N–H and O–H groups in total. The fraction of sp³-hybridized carbons (Fsp3) is 0.714. The lowest BCUT2D eigenvalue weighted by Crippen LogP contribution is -2.15. The summed E-state index contributed by atoms with van der Waals surface area (Å²) in [5.41, 5.74) is 0. The zero-order valence-electron chi connectivity index (χ0n) is 12.9. The summed E-state index contributed by atoms with van der Waals surface area (Å²) in [5.74, 6) is -2.56. The highest BCUT2D eigenvalue weighted by Crippen LogP contribution is 1.97. The minimum absolute atomic E-state index is 0.119. The van der Waals surface area contributed by atoms with Crippen molar-refractivity contribution in [1.29, 1.82) is 0 Å². The van der Waals surface area contributed by atoms with Gasteiger partial charge < -0.3 is 18.9 Å². The van der Waals surface area contributed by atoms with Gasteiger partial charge in [0.05, 0.1) is 26.4 Å². The molecule has 0 unspecified atom stereocenters. The fourth-order valence-electron chi connectivity index (χ4n) is 1.34. The predicted molar refractivity (Wildman–Crippen MR) is 73.7 cm³/mol. The normalized spacial score (nSPS) is 9.73. The zero-order valence-corrected chi connectivity index (χ0v) is 12.9. The molecule has 0 amide bonds. The minimum Gasteiger partial charge on any atom is -0.466 e. The van der Waals surface area contributed by atoms with Gasteiger partial charge in [0.25, 0.3) is 0 Å². The third-order valence-corrected chi connectivity index (χ3v) is 2.25. The summed E-state index contributed by atoms with van der Waals surface area (Å²) in [6.45, 7) is 3.95. The van der Waals surface area contributed by atoms with Crippen LogP contribution < -0.4 is 0 Å². The van der Waals surface area contributed by atoms with Gasteiger partial charge in [0.1, 0.15) is 12.8 Å². The van der Waals surface area contributed by atoms with E-state index in [1.54, 1.807) is 13.8 Å². The van der Waals surface area contributed by atoms with Crippen LogP contribution in [0.25, 0.3) is 0 Å². The second-order valence-corrected chi connectivity index (χ2v) is 4.11. The average molecular weight is 318 g/mol. The van der Waals surface area contributed by atoms with Gasteiger partial charge in [-0.2, -0.15) is 0 Å². The first-order chi connectivity index (χ1) is 10.5. The molecule has 0 bridgehead atoms. The molecule has 0 aromatic heterocycles. The maximum Gasteiger partial charge on any atom is 0.317 e. The van der Waals surface area contributed by atoms with Crippen LogP contribution in [0.3, 0.4) is 0 Å². The van der Waals surface area contributed by atoms with Crippen LogP contribution in [0, 0.1) is 0 Å². The molecular formula is C14H22O8. The van der Waals surface area contributed by atoms with E-state index in [0.717, 1.165) is 0 Å². The highest BCUT2D eigenvalue weighted by atomic mass is 16.6. The van der Waals surface area contributed by atoms with Crippen molar-refractivity contribution in [3.63, 3.8) is 0 Å². The minimum atomic E-state index is -0.655. The molecule has 0 atom stereocenters. The Morgan fingerprint density at radius 2 is 0.909 bits per heavy atom. The van der Waals surface area contributed by atoms with Gasteiger partial charge in [-0.25, -0.2) is 0 Å². The lowest BCUT2D eigenvalue weighted by Gasteiger charge is -2.06. The summed E-state index contributed by atoms with van der Waals surface area (Å²) in [6, 6.07) is 0. The maximum absolute atomic E-state index is 11.2. The number of hydrogen-bond acceptors (Lipinski definition) is 8. The second kappa shape index (κ2) is 12.6. The molecule has 0 aliphatic carbocycles. The summed E-state index contributed by atoms with van der Waals surface area (Å²) in [7, 11) is 0. The third kappa shape index (κ3) is 11.7. The Balaban J connectivity index is 3.53. The number of rotatable bonds is 11. The number of carbonyl (C=O) groups is 4. The standard InChI is InChI=1S/C14H22O8/c1-3-19-11(15)9-13(17)21-7-5-6-8-22-14(18)10-12(16)20-4-2/h3-10H2,1-2H3. The summed E-state index contributed by atoms with van der Waals surface area (Å²) < 4.78 is 18.8. The maximum atomic E-state index is 11.2. The summed E-state index contributed by atoms with van der Waals surface area (Å²) in [6.07, 6.45) is 0.118. The molecule has 0 aromatic rings. The molecule has 0 saturated carbocycles. The highest BCUT2D eigenvalue weighted by Gasteiger charge is 2.12. The van der Waals surface area contributed by atoms with Gasteiger partial charge in [-0.3, -0.25) is 19.2 Å². The lowest BCUT2D eigenvalue weighted by molar-refractivity contribution is -0.157. The van der Waals surface area contributed by atoms with Crippen LogP contribution in [0.5, 0.6) is 0 Å². The number of carbonyl (C=O) groups excluding carboxylic acids is 4. The Bertz CT molecular complexity index is 341. The lowest BCUT2D eigenvalue weighted by atomic mass is 10.3. The Kier molecular flexibility index (Phi) is 11.4. The Morgan fingerprint density at radius 1 is 0.591 bits per heavy atom. The molecule has 0 radical (unpaired) electrons. The van der Waals surface area contributed by atoms with E-state index in [9.17, 15) is 19.2 Å². The van der Waals surface area contributed by atoms with Gasteiger partial charge >= 0.3 is 23.9 Å². The third-order valence-electron chi connectivity index (χ3n) is 2.25. The van der Waals surface area contributed by atoms with Crippen molar-refractivity contribution in [3.05, 3.63) is 0 Å². The van der Waals surface area contributed by atoms with Crippen LogP contribution >= 0.6 is 0 Å². The van der Waals surface area contributed by atoms with Gasteiger partial charge in [0, 0.05) is 0 Å². The molecule has 126 valence electrons. The van der Waals surface area contributed by atoms with E-state index in [0.29, 0.717) is 12.8 Å². The van der Waals surface area contributed by atoms with Gasteiger partial charge in [0.2, 0.25) is 0 Å². The van der Waals surface area contributed by atoms with Crippen molar-refractivity contribution < 1.29 is 38.1 Å². The van der Waals surface area contributed by atoms with Crippen LogP contribution in [0.15, 0.2) is 0 Å². The van der Waals surface area contributed by atoms with E-state index < -0.39 is 36.7 Å². The van der Waals surface area contributed by atoms with E-state index in [1.807, 2.05) is 0 Å². The molecular weight excluding hydrogens is 296 g/mol. The van der Waals surface area contributed by atoms with Gasteiger partial charge in [-0.05, 0) is 26.7 Å². The largest absolute Gasteiger partial charge is 0.466 e. The molecule has 0 aliphatic rings. The molecule has 8 heteroatoms. The number of hydrogen-bond donors (Lipinski definition) is 0. The van der Waals surface area contributed by atoms with E-state index in [-0.39, 0.29) is 26.4 Å². The van der Waals surface area contributed by atoms with Crippen LogP contribution in [0.4, 0.5) is 0 Å². The second-order valence-electron chi connectivity index (χ2n) is 4.11. The highest BCUT2D eigenvalue weighted by molar-refractivity contribution is 5.91. The predicted octanol–water partition coefficient (Wildman–Crippen LogP) is 0.759. The van der Waals surface area contributed by atoms with Crippen LogP contribution in [0.1, 0.15) is 39.5 Å². The topological polar surface area (TPSA) is 105 Å². The SMILES string of the molecule is CCOC(=O)CC(=O)OCCCCOC(=O)CC(=O)OCC. The summed E-state index contributed by atoms with van der Waals surface area (Å²) in [4.78, 5) is 44.3. The number of ether oxygens (including phenoxy) is 4. The van der Waals surface area contributed by atoms with E-state index >= 15 is 0 Å². The first-order valence-corrected chi connectivity index (χ1v) is 7.12. The number of unbranched alkanes of at least 4 members (excludes halogenated alkanes) is 1. The van der Waals surface area contributed by atoms with Crippen LogP contribution in [-0.4, -0.2) is 50.3 Å². The Labute approximate surface area is 129 Å². The molecule has 0 spiro atoms. The molecule has 0 rings (SSSR count). The van der Waals surface area contributed by atoms with Crippen molar-refractivity contribution in [2.24, 2.45) is 0 Å². The smallest absolute Gasteiger partial charge is 0.317 e. The molecule has 0 saturated heterocycles. The van der Waals surface area contributed by atoms with Crippen molar-refractivity contribution in [2.45, 2.75) is 39.5 Å². The van der Waals surface area contributed by atoms with Crippen molar-refractivity contribution >= 4 is 23.9 Å². The fourth-order valence-corrected chi connectivity index (χ4v) is 1.34. The molecule has 0 aliphatic heterocycles. The van der Waals surface area contributed by atoms with E-state index in [4.69, 9.17) is 9.47 Å². The van der Waals surface area contributed by atoms with E-state index in [2.05, 4.69) is 9.47 Å². The van der Waals surface area contributed by atoms with Gasteiger partial charge in [-0.15, -0.1) is 0 Å². The summed E-state index contributed by atoms with van der Waals surface area (Å²) in [5, 5.41) is 0. The number of esters is 4. The Morgan fingerprint density at radius 3 is 1.23 bits per heavy atom. The van der Waals surface area contributed by atoms with E-state index in [1.165, 1.54) is 0 Å². The van der Waals surface area contributed by atoms with Crippen molar-refractivity contribution in [3.8, 4) is 0 Å². The monoisotopic (exact) mass is 318 g/mol. The quantitative estimate of drug-likeness (QED) is 0.238. The first kappa shape index (κ1) is 19.9. The molecule has 0 heterocycles.